The van der Waals surface area contributed by atoms with Crippen LogP contribution in [-0.2, 0) is 6.42 Å². The molecule has 98 valence electrons. The second kappa shape index (κ2) is 4.93. The summed E-state index contributed by atoms with van der Waals surface area (Å²) in [4.78, 5) is 2.73. The number of likely N-dealkylation sites (tertiary alicyclic amines) is 1. The highest BCUT2D eigenvalue weighted by Crippen LogP contribution is 2.30. The first kappa shape index (κ1) is 12.0. The lowest BCUT2D eigenvalue weighted by Gasteiger charge is -2.30. The van der Waals surface area contributed by atoms with E-state index in [-0.39, 0.29) is 0 Å². The topological polar surface area (TPSA) is 15.3 Å². The summed E-state index contributed by atoms with van der Waals surface area (Å²) in [6.45, 7) is 5.92. The van der Waals surface area contributed by atoms with Gasteiger partial charge in [-0.25, -0.2) is 0 Å². The van der Waals surface area contributed by atoms with Crippen LogP contribution in [0.4, 0.5) is 5.69 Å². The lowest BCUT2D eigenvalue weighted by atomic mass is 10.1. The minimum Gasteiger partial charge on any atom is -0.380 e. The smallest absolute Gasteiger partial charge is 0.0429 e. The molecular formula is C16H24N2. The molecule has 1 saturated heterocycles. The number of para-hydroxylation sites is 1. The van der Waals surface area contributed by atoms with E-state index in [1.165, 1.54) is 43.5 Å². The van der Waals surface area contributed by atoms with Gasteiger partial charge in [0.2, 0.25) is 0 Å². The lowest BCUT2D eigenvalue weighted by molar-refractivity contribution is 0.191. The highest BCUT2D eigenvalue weighted by Gasteiger charge is 2.32. The van der Waals surface area contributed by atoms with Gasteiger partial charge in [0.1, 0.15) is 0 Å². The van der Waals surface area contributed by atoms with Crippen LogP contribution in [0.1, 0.15) is 38.7 Å². The Labute approximate surface area is 110 Å². The van der Waals surface area contributed by atoms with Crippen molar-refractivity contribution in [1.29, 1.82) is 0 Å². The minimum absolute atomic E-state index is 0.608. The Hall–Kier alpha value is -1.02. The van der Waals surface area contributed by atoms with Crippen LogP contribution in [0.25, 0.3) is 0 Å². The summed E-state index contributed by atoms with van der Waals surface area (Å²) in [5.74, 6) is 0. The molecule has 0 spiro atoms. The van der Waals surface area contributed by atoms with Gasteiger partial charge in [-0.15, -0.1) is 0 Å². The molecular weight excluding hydrogens is 220 g/mol. The monoisotopic (exact) mass is 244 g/mol. The van der Waals surface area contributed by atoms with E-state index in [2.05, 4.69) is 48.3 Å². The molecule has 2 nitrogen and oxygen atoms in total. The standard InChI is InChI=1S/C16H24N2/c1-3-15-9-8-12(2)18(15)11-14-10-13-6-4-5-7-16(13)17-14/h4-7,12,14-15,17H,3,8-11H2,1-2H3/t12?,14-,15?/m0/s1. The van der Waals surface area contributed by atoms with E-state index < -0.39 is 0 Å². The van der Waals surface area contributed by atoms with Gasteiger partial charge in [-0.3, -0.25) is 4.90 Å². The van der Waals surface area contributed by atoms with Gasteiger partial charge >= 0.3 is 0 Å². The summed E-state index contributed by atoms with van der Waals surface area (Å²) < 4.78 is 0. The first-order chi connectivity index (χ1) is 8.78. The molecule has 0 aliphatic carbocycles. The van der Waals surface area contributed by atoms with E-state index in [9.17, 15) is 0 Å². The molecule has 1 aromatic carbocycles. The van der Waals surface area contributed by atoms with E-state index in [1.54, 1.807) is 0 Å². The zero-order chi connectivity index (χ0) is 12.5. The van der Waals surface area contributed by atoms with Gasteiger partial charge in [0.25, 0.3) is 0 Å². The summed E-state index contributed by atoms with van der Waals surface area (Å²) in [5.41, 5.74) is 2.84. The van der Waals surface area contributed by atoms with Gasteiger partial charge < -0.3 is 5.32 Å². The largest absolute Gasteiger partial charge is 0.380 e. The van der Waals surface area contributed by atoms with Gasteiger partial charge in [0.05, 0.1) is 0 Å². The van der Waals surface area contributed by atoms with E-state index in [0.717, 1.165) is 12.1 Å². The molecule has 3 rings (SSSR count). The summed E-state index contributed by atoms with van der Waals surface area (Å²) >= 11 is 0. The maximum absolute atomic E-state index is 3.68. The highest BCUT2D eigenvalue weighted by atomic mass is 15.2. The van der Waals surface area contributed by atoms with Gasteiger partial charge in [-0.2, -0.15) is 0 Å². The fourth-order valence-corrected chi connectivity index (χ4v) is 3.63. The van der Waals surface area contributed by atoms with Crippen molar-refractivity contribution in [1.82, 2.24) is 4.90 Å². The summed E-state index contributed by atoms with van der Waals surface area (Å²) in [6, 6.07) is 10.9. The van der Waals surface area contributed by atoms with Crippen LogP contribution in [-0.4, -0.2) is 29.6 Å². The van der Waals surface area contributed by atoms with Crippen molar-refractivity contribution in [2.24, 2.45) is 0 Å². The van der Waals surface area contributed by atoms with Crippen LogP contribution in [0, 0.1) is 0 Å². The molecule has 3 atom stereocenters. The number of rotatable bonds is 3. The molecule has 1 aromatic rings. The molecule has 2 aliphatic rings. The third kappa shape index (κ3) is 2.14. The molecule has 1 N–H and O–H groups in total. The molecule has 0 aromatic heterocycles. The van der Waals surface area contributed by atoms with Crippen LogP contribution in [0.15, 0.2) is 24.3 Å². The number of anilines is 1. The Kier molecular flexibility index (Phi) is 3.29. The fraction of sp³-hybridized carbons (Fsp3) is 0.625. The number of fused-ring (bicyclic) bond motifs is 1. The van der Waals surface area contributed by atoms with Crippen molar-refractivity contribution in [3.05, 3.63) is 29.8 Å². The number of hydrogen-bond acceptors (Lipinski definition) is 2. The summed E-state index contributed by atoms with van der Waals surface area (Å²) in [7, 11) is 0. The maximum Gasteiger partial charge on any atom is 0.0429 e. The predicted molar refractivity (Wildman–Crippen MR) is 77.0 cm³/mol. The second-order valence-corrected chi connectivity index (χ2v) is 5.89. The van der Waals surface area contributed by atoms with Crippen molar-refractivity contribution < 1.29 is 0 Å². The molecule has 1 fully saturated rings. The molecule has 2 heteroatoms. The molecule has 0 amide bonds. The average molecular weight is 244 g/mol. The first-order valence-corrected chi connectivity index (χ1v) is 7.38. The summed E-state index contributed by atoms with van der Waals surface area (Å²) in [5, 5.41) is 3.68. The third-order valence-corrected chi connectivity index (χ3v) is 4.70. The van der Waals surface area contributed by atoms with Crippen LogP contribution in [0.5, 0.6) is 0 Å². The molecule has 2 unspecified atom stereocenters. The molecule has 2 heterocycles. The summed E-state index contributed by atoms with van der Waals surface area (Å²) in [6.07, 6.45) is 5.25. The Morgan fingerprint density at radius 1 is 1.28 bits per heavy atom. The Morgan fingerprint density at radius 2 is 2.11 bits per heavy atom. The van der Waals surface area contributed by atoms with Crippen LogP contribution in [0.3, 0.4) is 0 Å². The van der Waals surface area contributed by atoms with Gasteiger partial charge in [0, 0.05) is 30.4 Å². The predicted octanol–water partition coefficient (Wildman–Crippen LogP) is 3.29. The van der Waals surface area contributed by atoms with Crippen molar-refractivity contribution in [3.8, 4) is 0 Å². The van der Waals surface area contributed by atoms with Gasteiger partial charge in [-0.1, -0.05) is 25.1 Å². The zero-order valence-corrected chi connectivity index (χ0v) is 11.5. The lowest BCUT2D eigenvalue weighted by Crippen LogP contribution is -2.42. The third-order valence-electron chi connectivity index (χ3n) is 4.70. The van der Waals surface area contributed by atoms with E-state index in [4.69, 9.17) is 0 Å². The normalized spacial score (nSPS) is 31.3. The average Bonchev–Trinajstić information content (AvgIpc) is 2.94. The number of nitrogens with one attached hydrogen (secondary N) is 1. The molecule has 0 saturated carbocycles. The van der Waals surface area contributed by atoms with Crippen molar-refractivity contribution in [3.63, 3.8) is 0 Å². The van der Waals surface area contributed by atoms with Crippen molar-refractivity contribution >= 4 is 5.69 Å². The van der Waals surface area contributed by atoms with Crippen LogP contribution >= 0.6 is 0 Å². The molecule has 18 heavy (non-hydrogen) atoms. The van der Waals surface area contributed by atoms with E-state index in [1.807, 2.05) is 0 Å². The number of benzene rings is 1. The Morgan fingerprint density at radius 3 is 2.89 bits per heavy atom. The first-order valence-electron chi connectivity index (χ1n) is 7.38. The minimum atomic E-state index is 0.608. The Bertz CT molecular complexity index is 390. The van der Waals surface area contributed by atoms with Crippen molar-refractivity contribution in [2.45, 2.75) is 57.7 Å². The molecule has 0 radical (unpaired) electrons. The van der Waals surface area contributed by atoms with Gasteiger partial charge in [0.15, 0.2) is 0 Å². The van der Waals surface area contributed by atoms with E-state index >= 15 is 0 Å². The van der Waals surface area contributed by atoms with Crippen LogP contribution < -0.4 is 5.32 Å². The second-order valence-electron chi connectivity index (χ2n) is 5.89. The zero-order valence-electron chi connectivity index (χ0n) is 11.5. The SMILES string of the molecule is CCC1CCC(C)N1C[C@@H]1Cc2ccccc2N1. The molecule has 2 aliphatic heterocycles. The van der Waals surface area contributed by atoms with E-state index in [0.29, 0.717) is 6.04 Å². The highest BCUT2D eigenvalue weighted by molar-refractivity contribution is 5.56. The van der Waals surface area contributed by atoms with Crippen LogP contribution in [0.2, 0.25) is 0 Å². The maximum atomic E-state index is 3.68. The fourth-order valence-electron chi connectivity index (χ4n) is 3.63. The number of nitrogens with zero attached hydrogens (tertiary/aromatic N) is 1. The van der Waals surface area contributed by atoms with Gasteiger partial charge in [-0.05, 0) is 44.2 Å². The number of hydrogen-bond donors (Lipinski definition) is 1. The quantitative estimate of drug-likeness (QED) is 0.877. The molecule has 0 bridgehead atoms. The Balaban J connectivity index is 1.65. The van der Waals surface area contributed by atoms with Crippen molar-refractivity contribution in [2.75, 3.05) is 11.9 Å².